The molecule has 0 amide bonds. The fourth-order valence-electron chi connectivity index (χ4n) is 1.25. The number of hydrogen-bond donors (Lipinski definition) is 1. The van der Waals surface area contributed by atoms with Gasteiger partial charge in [-0.25, -0.2) is 4.98 Å². The molecule has 0 aliphatic heterocycles. The molecule has 0 atom stereocenters. The van der Waals surface area contributed by atoms with Crippen LogP contribution in [0.15, 0.2) is 23.4 Å². The summed E-state index contributed by atoms with van der Waals surface area (Å²) in [6.45, 7) is 4.23. The summed E-state index contributed by atoms with van der Waals surface area (Å²) in [5.41, 5.74) is 3.44. The van der Waals surface area contributed by atoms with Crippen LogP contribution in [0, 0.1) is 6.92 Å². The summed E-state index contributed by atoms with van der Waals surface area (Å²) >= 11 is 0. The number of fused-ring (bicyclic) bond motifs is 1. The largest absolute Gasteiger partial charge is 0.332 e. The number of rotatable bonds is 3. The number of nitrogens with one attached hydrogen (secondary N) is 1. The molecule has 2 nitrogen and oxygen atoms in total. The molecule has 0 bridgehead atoms. The van der Waals surface area contributed by atoms with Crippen molar-refractivity contribution in [3.8, 4) is 0 Å². The Kier molecular flexibility index (Phi) is 3.03. The zero-order chi connectivity index (χ0) is 9.97. The molecule has 14 heavy (non-hydrogen) atoms. The topological polar surface area (TPSA) is 28.7 Å². The lowest BCUT2D eigenvalue weighted by Crippen LogP contribution is -1.71. The quantitative estimate of drug-likeness (QED) is 0.807. The Morgan fingerprint density at radius 3 is 3.07 bits per heavy atom. The molecular weight excluding hydrogens is 212 g/mol. The maximum atomic E-state index is 4.48. The first-order valence-corrected chi connectivity index (χ1v) is 6.87. The van der Waals surface area contributed by atoms with Crippen LogP contribution < -0.4 is 0 Å². The lowest BCUT2D eigenvalue weighted by molar-refractivity contribution is 1.09. The summed E-state index contributed by atoms with van der Waals surface area (Å²) in [5, 5.41) is 0.998. The summed E-state index contributed by atoms with van der Waals surface area (Å²) in [7, 11) is 3.51. The van der Waals surface area contributed by atoms with Gasteiger partial charge >= 0.3 is 0 Å². The van der Waals surface area contributed by atoms with Gasteiger partial charge in [0.1, 0.15) is 0 Å². The summed E-state index contributed by atoms with van der Waals surface area (Å²) in [5.74, 6) is 1.10. The summed E-state index contributed by atoms with van der Waals surface area (Å²) in [6.07, 6.45) is 0. The normalized spacial score (nSPS) is 11.0. The molecule has 1 aromatic heterocycles. The van der Waals surface area contributed by atoms with Gasteiger partial charge < -0.3 is 4.98 Å². The van der Waals surface area contributed by atoms with Gasteiger partial charge in [0.25, 0.3) is 0 Å². The molecule has 0 spiro atoms. The predicted molar refractivity (Wildman–Crippen MR) is 64.8 cm³/mol. The molecule has 1 heterocycles. The summed E-state index contributed by atoms with van der Waals surface area (Å²) in [4.78, 5) is 7.78. The number of hydrogen-bond acceptors (Lipinski definition) is 3. The van der Waals surface area contributed by atoms with Crippen LogP contribution in [0.3, 0.4) is 0 Å². The Morgan fingerprint density at radius 2 is 2.29 bits per heavy atom. The third-order valence-electron chi connectivity index (χ3n) is 1.87. The SMILES string of the molecule is CCSSc1nc2ccc(C)cc2[nH]1. The number of H-pyrrole nitrogens is 1. The molecule has 0 aliphatic carbocycles. The zero-order valence-corrected chi connectivity index (χ0v) is 9.84. The Labute approximate surface area is 91.3 Å². The van der Waals surface area contributed by atoms with Crippen molar-refractivity contribution in [1.29, 1.82) is 0 Å². The minimum atomic E-state index is 0.998. The highest BCUT2D eigenvalue weighted by Crippen LogP contribution is 2.29. The minimum absolute atomic E-state index is 0.998. The second-order valence-corrected chi connectivity index (χ2v) is 5.63. The van der Waals surface area contributed by atoms with Crippen LogP contribution in [0.2, 0.25) is 0 Å². The summed E-state index contributed by atoms with van der Waals surface area (Å²) in [6, 6.07) is 6.27. The number of aromatic amines is 1. The van der Waals surface area contributed by atoms with Crippen molar-refractivity contribution in [2.75, 3.05) is 5.75 Å². The van der Waals surface area contributed by atoms with Crippen molar-refractivity contribution in [3.05, 3.63) is 23.8 Å². The monoisotopic (exact) mass is 224 g/mol. The van der Waals surface area contributed by atoms with Gasteiger partial charge in [0.05, 0.1) is 11.0 Å². The molecule has 74 valence electrons. The Bertz CT molecular complexity index is 437. The first-order chi connectivity index (χ1) is 6.79. The van der Waals surface area contributed by atoms with E-state index in [1.807, 2.05) is 0 Å². The van der Waals surface area contributed by atoms with Crippen LogP contribution in [-0.4, -0.2) is 15.7 Å². The van der Waals surface area contributed by atoms with Gasteiger partial charge in [-0.05, 0) is 35.4 Å². The van der Waals surface area contributed by atoms with Crippen LogP contribution in [0.1, 0.15) is 12.5 Å². The Balaban J connectivity index is 2.32. The standard InChI is InChI=1S/C10H12N2S2/c1-3-13-14-10-11-8-5-4-7(2)6-9(8)12-10/h4-6H,3H2,1-2H3,(H,11,12). The molecule has 1 N–H and O–H groups in total. The molecule has 4 heteroatoms. The average molecular weight is 224 g/mol. The maximum absolute atomic E-state index is 4.48. The van der Waals surface area contributed by atoms with E-state index in [1.165, 1.54) is 5.56 Å². The van der Waals surface area contributed by atoms with Crippen LogP contribution in [0.25, 0.3) is 11.0 Å². The highest BCUT2D eigenvalue weighted by atomic mass is 33.1. The van der Waals surface area contributed by atoms with Crippen molar-refractivity contribution in [1.82, 2.24) is 9.97 Å². The molecule has 0 saturated carbocycles. The van der Waals surface area contributed by atoms with E-state index in [0.717, 1.165) is 21.9 Å². The van der Waals surface area contributed by atoms with Gasteiger partial charge in [-0.15, -0.1) is 0 Å². The molecule has 0 radical (unpaired) electrons. The fourth-order valence-corrected chi connectivity index (χ4v) is 2.70. The average Bonchev–Trinajstić information content (AvgIpc) is 2.56. The van der Waals surface area contributed by atoms with Crippen molar-refractivity contribution >= 4 is 32.6 Å². The van der Waals surface area contributed by atoms with Gasteiger partial charge in [-0.3, -0.25) is 0 Å². The first-order valence-electron chi connectivity index (χ1n) is 4.55. The smallest absolute Gasteiger partial charge is 0.177 e. The van der Waals surface area contributed by atoms with Crippen LogP contribution in [0.5, 0.6) is 0 Å². The molecule has 2 rings (SSSR count). The van der Waals surface area contributed by atoms with E-state index in [9.17, 15) is 0 Å². The summed E-state index contributed by atoms with van der Waals surface area (Å²) < 4.78 is 0. The van der Waals surface area contributed by atoms with E-state index < -0.39 is 0 Å². The van der Waals surface area contributed by atoms with E-state index in [1.54, 1.807) is 21.6 Å². The van der Waals surface area contributed by atoms with Gasteiger partial charge in [0, 0.05) is 5.75 Å². The lowest BCUT2D eigenvalue weighted by atomic mass is 10.2. The van der Waals surface area contributed by atoms with Crippen molar-refractivity contribution in [2.45, 2.75) is 19.0 Å². The molecule has 0 saturated heterocycles. The van der Waals surface area contributed by atoms with Crippen molar-refractivity contribution in [3.63, 3.8) is 0 Å². The predicted octanol–water partition coefficient (Wildman–Crippen LogP) is 3.63. The van der Waals surface area contributed by atoms with Gasteiger partial charge in [-0.1, -0.05) is 23.8 Å². The van der Waals surface area contributed by atoms with E-state index in [4.69, 9.17) is 0 Å². The van der Waals surface area contributed by atoms with Crippen LogP contribution in [0.4, 0.5) is 0 Å². The van der Waals surface area contributed by atoms with Crippen molar-refractivity contribution < 1.29 is 0 Å². The number of aryl methyl sites for hydroxylation is 1. The molecule has 1 aromatic carbocycles. The fraction of sp³-hybridized carbons (Fsp3) is 0.300. The minimum Gasteiger partial charge on any atom is -0.332 e. The van der Waals surface area contributed by atoms with Crippen LogP contribution >= 0.6 is 21.6 Å². The number of imidazole rings is 1. The number of nitrogens with zero attached hydrogens (tertiary/aromatic N) is 1. The molecule has 0 unspecified atom stereocenters. The van der Waals surface area contributed by atoms with Crippen molar-refractivity contribution in [2.24, 2.45) is 0 Å². The van der Waals surface area contributed by atoms with E-state index in [0.29, 0.717) is 0 Å². The molecule has 0 aliphatic rings. The molecule has 2 aromatic rings. The maximum Gasteiger partial charge on any atom is 0.177 e. The third-order valence-corrected chi connectivity index (χ3v) is 4.11. The Morgan fingerprint density at radius 1 is 1.43 bits per heavy atom. The third kappa shape index (κ3) is 2.07. The first kappa shape index (κ1) is 9.93. The second kappa shape index (κ2) is 4.28. The zero-order valence-electron chi connectivity index (χ0n) is 8.20. The Hall–Kier alpha value is -0.610. The number of benzene rings is 1. The van der Waals surface area contributed by atoms with E-state index in [2.05, 4.69) is 42.0 Å². The number of aromatic nitrogens is 2. The lowest BCUT2D eigenvalue weighted by Gasteiger charge is -1.90. The van der Waals surface area contributed by atoms with Crippen LogP contribution in [-0.2, 0) is 0 Å². The second-order valence-electron chi connectivity index (χ2n) is 3.05. The molecular formula is C10H12N2S2. The molecule has 0 fully saturated rings. The highest BCUT2D eigenvalue weighted by Gasteiger charge is 2.02. The van der Waals surface area contributed by atoms with E-state index in [-0.39, 0.29) is 0 Å². The van der Waals surface area contributed by atoms with Gasteiger partial charge in [-0.2, -0.15) is 0 Å². The highest BCUT2D eigenvalue weighted by molar-refractivity contribution is 8.76. The van der Waals surface area contributed by atoms with Gasteiger partial charge in [0.15, 0.2) is 5.16 Å². The van der Waals surface area contributed by atoms with E-state index >= 15 is 0 Å². The van der Waals surface area contributed by atoms with Gasteiger partial charge in [0.2, 0.25) is 0 Å².